The first-order valence-electron chi connectivity index (χ1n) is 5.04. The van der Waals surface area contributed by atoms with Crippen molar-refractivity contribution in [2.75, 3.05) is 5.32 Å². The molecule has 6 heteroatoms. The topological polar surface area (TPSA) is 50.9 Å². The molecule has 0 spiro atoms. The molecule has 0 saturated heterocycles. The summed E-state index contributed by atoms with van der Waals surface area (Å²) in [5.74, 6) is 0.712. The van der Waals surface area contributed by atoms with Gasteiger partial charge in [0.25, 0.3) is 0 Å². The Morgan fingerprint density at radius 1 is 1.33 bits per heavy atom. The molecule has 1 aromatic carbocycles. The Morgan fingerprint density at radius 3 is 2.67 bits per heavy atom. The smallest absolute Gasteiger partial charge is 0.130 e. The molecule has 18 heavy (non-hydrogen) atoms. The van der Waals surface area contributed by atoms with E-state index < -0.39 is 0 Å². The maximum absolute atomic E-state index is 5.92. The Kier molecular flexibility index (Phi) is 4.16. The summed E-state index contributed by atoms with van der Waals surface area (Å²) in [5, 5.41) is 3.82. The van der Waals surface area contributed by atoms with Crippen LogP contribution in [0, 0.1) is 0 Å². The van der Waals surface area contributed by atoms with Crippen molar-refractivity contribution in [2.45, 2.75) is 0 Å². The highest BCUT2D eigenvalue weighted by Crippen LogP contribution is 2.26. The van der Waals surface area contributed by atoms with Gasteiger partial charge >= 0.3 is 0 Å². The van der Waals surface area contributed by atoms with Crippen LogP contribution in [0.1, 0.15) is 5.56 Å². The number of nitrogens with zero attached hydrogens (tertiary/aromatic N) is 1. The molecular formula is C12H9BrClN3S. The van der Waals surface area contributed by atoms with Gasteiger partial charge in [0.2, 0.25) is 0 Å². The van der Waals surface area contributed by atoms with Crippen LogP contribution in [0.15, 0.2) is 41.0 Å². The van der Waals surface area contributed by atoms with Crippen LogP contribution in [0.2, 0.25) is 5.02 Å². The Balaban J connectivity index is 2.18. The van der Waals surface area contributed by atoms with E-state index in [1.165, 1.54) is 0 Å². The lowest BCUT2D eigenvalue weighted by Gasteiger charge is -2.07. The number of aromatic nitrogens is 1. The van der Waals surface area contributed by atoms with Gasteiger partial charge in [-0.15, -0.1) is 0 Å². The van der Waals surface area contributed by atoms with Gasteiger partial charge in [-0.05, 0) is 46.3 Å². The number of nitrogens with two attached hydrogens (primary N) is 1. The van der Waals surface area contributed by atoms with Gasteiger partial charge in [-0.25, -0.2) is 4.98 Å². The summed E-state index contributed by atoms with van der Waals surface area (Å²) in [6.45, 7) is 0. The predicted molar refractivity (Wildman–Crippen MR) is 82.6 cm³/mol. The first-order chi connectivity index (χ1) is 8.56. The second-order valence-corrected chi connectivity index (χ2v) is 5.25. The van der Waals surface area contributed by atoms with Crippen LogP contribution in [0.25, 0.3) is 0 Å². The van der Waals surface area contributed by atoms with Crippen molar-refractivity contribution in [3.05, 3.63) is 51.6 Å². The van der Waals surface area contributed by atoms with Crippen molar-refractivity contribution >= 4 is 56.2 Å². The van der Waals surface area contributed by atoms with Crippen molar-refractivity contribution in [1.82, 2.24) is 4.98 Å². The number of halogens is 2. The molecule has 1 aromatic heterocycles. The van der Waals surface area contributed by atoms with Crippen LogP contribution in [0.4, 0.5) is 11.5 Å². The Morgan fingerprint density at radius 2 is 2.11 bits per heavy atom. The van der Waals surface area contributed by atoms with Crippen molar-refractivity contribution in [3.8, 4) is 0 Å². The highest BCUT2D eigenvalue weighted by atomic mass is 79.9. The Bertz CT molecular complexity index is 586. The molecule has 2 rings (SSSR count). The van der Waals surface area contributed by atoms with E-state index in [2.05, 4.69) is 26.2 Å². The minimum Gasteiger partial charge on any atom is -0.389 e. The van der Waals surface area contributed by atoms with E-state index in [4.69, 9.17) is 29.6 Å². The standard InChI is InChI=1S/C12H9BrClN3S/c13-9-5-8(2-3-10(9)14)17-11-4-1-7(6-16-11)12(15)18/h1-6H,(H2,15,18)(H,16,17). The molecule has 0 saturated carbocycles. The lowest BCUT2D eigenvalue weighted by atomic mass is 10.3. The first-order valence-corrected chi connectivity index (χ1v) is 6.62. The molecule has 0 radical (unpaired) electrons. The van der Waals surface area contributed by atoms with E-state index in [0.29, 0.717) is 15.8 Å². The Hall–Kier alpha value is -1.17. The molecule has 0 aliphatic rings. The van der Waals surface area contributed by atoms with Crippen molar-refractivity contribution < 1.29 is 0 Å². The van der Waals surface area contributed by atoms with Crippen LogP contribution in [-0.4, -0.2) is 9.97 Å². The number of nitrogens with one attached hydrogen (secondary N) is 1. The summed E-state index contributed by atoms with van der Waals surface area (Å²) in [6.07, 6.45) is 1.63. The normalized spacial score (nSPS) is 10.1. The molecule has 0 fully saturated rings. The van der Waals surface area contributed by atoms with E-state index in [1.54, 1.807) is 12.3 Å². The van der Waals surface area contributed by atoms with Gasteiger partial charge in [0, 0.05) is 21.9 Å². The van der Waals surface area contributed by atoms with Gasteiger partial charge < -0.3 is 11.1 Å². The van der Waals surface area contributed by atoms with Gasteiger partial charge in [0.15, 0.2) is 0 Å². The minimum absolute atomic E-state index is 0.336. The third-order valence-electron chi connectivity index (χ3n) is 2.24. The molecule has 0 aliphatic heterocycles. The second-order valence-electron chi connectivity index (χ2n) is 3.55. The van der Waals surface area contributed by atoms with Gasteiger partial charge in [0.1, 0.15) is 10.8 Å². The fraction of sp³-hybridized carbons (Fsp3) is 0. The monoisotopic (exact) mass is 341 g/mol. The third kappa shape index (κ3) is 3.19. The highest BCUT2D eigenvalue weighted by Gasteiger charge is 2.01. The van der Waals surface area contributed by atoms with Crippen molar-refractivity contribution in [3.63, 3.8) is 0 Å². The first kappa shape index (κ1) is 13.3. The molecule has 2 aromatic rings. The van der Waals surface area contributed by atoms with Crippen LogP contribution in [0.5, 0.6) is 0 Å². The zero-order valence-electron chi connectivity index (χ0n) is 9.15. The zero-order valence-corrected chi connectivity index (χ0v) is 12.3. The number of rotatable bonds is 3. The van der Waals surface area contributed by atoms with Crippen molar-refractivity contribution in [1.29, 1.82) is 0 Å². The molecule has 92 valence electrons. The van der Waals surface area contributed by atoms with Crippen LogP contribution < -0.4 is 11.1 Å². The summed E-state index contributed by atoms with van der Waals surface area (Å²) < 4.78 is 0.828. The van der Waals surface area contributed by atoms with Crippen LogP contribution in [-0.2, 0) is 0 Å². The second kappa shape index (κ2) is 5.65. The van der Waals surface area contributed by atoms with Crippen LogP contribution in [0.3, 0.4) is 0 Å². The molecule has 0 aliphatic carbocycles. The number of hydrogen-bond donors (Lipinski definition) is 2. The lowest BCUT2D eigenvalue weighted by Crippen LogP contribution is -2.09. The number of anilines is 2. The van der Waals surface area contributed by atoms with Crippen LogP contribution >= 0.6 is 39.7 Å². The third-order valence-corrected chi connectivity index (χ3v) is 3.69. The average Bonchev–Trinajstić information content (AvgIpc) is 2.34. The van der Waals surface area contributed by atoms with Gasteiger partial charge in [-0.1, -0.05) is 23.8 Å². The SMILES string of the molecule is NC(=S)c1ccc(Nc2ccc(Cl)c(Br)c2)nc1. The Labute approximate surface area is 123 Å². The minimum atomic E-state index is 0.336. The molecule has 1 heterocycles. The van der Waals surface area contributed by atoms with E-state index in [0.717, 1.165) is 15.7 Å². The zero-order chi connectivity index (χ0) is 13.1. The molecule has 0 atom stereocenters. The largest absolute Gasteiger partial charge is 0.389 e. The van der Waals surface area contributed by atoms with E-state index in [1.807, 2.05) is 24.3 Å². The predicted octanol–water partition coefficient (Wildman–Crippen LogP) is 3.88. The summed E-state index contributed by atoms with van der Waals surface area (Å²) in [4.78, 5) is 4.56. The quantitative estimate of drug-likeness (QED) is 0.831. The summed E-state index contributed by atoms with van der Waals surface area (Å²) in [6, 6.07) is 9.19. The van der Waals surface area contributed by atoms with Gasteiger partial charge in [-0.3, -0.25) is 0 Å². The highest BCUT2D eigenvalue weighted by molar-refractivity contribution is 9.10. The molecule has 3 N–H and O–H groups in total. The number of hydrogen-bond acceptors (Lipinski definition) is 3. The molecule has 3 nitrogen and oxygen atoms in total. The fourth-order valence-electron chi connectivity index (χ4n) is 1.34. The van der Waals surface area contributed by atoms with E-state index >= 15 is 0 Å². The molecular weight excluding hydrogens is 334 g/mol. The lowest BCUT2D eigenvalue weighted by molar-refractivity contribution is 1.30. The maximum atomic E-state index is 5.92. The maximum Gasteiger partial charge on any atom is 0.130 e. The molecule has 0 amide bonds. The summed E-state index contributed by atoms with van der Waals surface area (Å²) in [5.41, 5.74) is 7.14. The number of benzene rings is 1. The average molecular weight is 343 g/mol. The van der Waals surface area contributed by atoms with E-state index in [-0.39, 0.29) is 0 Å². The number of thiocarbonyl (C=S) groups is 1. The van der Waals surface area contributed by atoms with E-state index in [9.17, 15) is 0 Å². The number of pyridine rings is 1. The molecule has 0 bridgehead atoms. The van der Waals surface area contributed by atoms with Crippen molar-refractivity contribution in [2.24, 2.45) is 5.73 Å². The van der Waals surface area contributed by atoms with Gasteiger partial charge in [0.05, 0.1) is 5.02 Å². The van der Waals surface area contributed by atoms with Gasteiger partial charge in [-0.2, -0.15) is 0 Å². The summed E-state index contributed by atoms with van der Waals surface area (Å²) >= 11 is 14.1. The fourth-order valence-corrected chi connectivity index (χ4v) is 1.95. The summed E-state index contributed by atoms with van der Waals surface area (Å²) in [7, 11) is 0. The molecule has 0 unspecified atom stereocenters.